The Kier molecular flexibility index (Phi) is 35.8. The first-order valence-corrected chi connectivity index (χ1v) is 29.5. The minimum absolute atomic E-state index is 0.0835. The number of hydrogen-bond acceptors (Lipinski definition) is 21. The second-order valence-electron chi connectivity index (χ2n) is 22.0. The maximum atomic E-state index is 13.9. The molecule has 1 rings (SSSR count). The van der Waals surface area contributed by atoms with Crippen molar-refractivity contribution < 1.29 is 112 Å². The van der Waals surface area contributed by atoms with Crippen molar-refractivity contribution in [2.45, 2.75) is 172 Å². The molecular weight excluding hydrogens is 1260 g/mol. The first-order valence-electron chi connectivity index (χ1n) is 28.9. The molecule has 37 nitrogen and oxygen atoms in total. The molecule has 23 N–H and O–H groups in total. The van der Waals surface area contributed by atoms with Crippen LogP contribution in [0.25, 0.3) is 0 Å². The smallest absolute Gasteiger partial charge is 0.305 e. The molecule has 13 amide bonds. The number of aliphatic hydroxyl groups excluding tert-OH is 1. The fraction of sp³-hybridized carbons (Fsp3) is 0.582. The third-order valence-corrected chi connectivity index (χ3v) is 13.6. The van der Waals surface area contributed by atoms with E-state index in [-0.39, 0.29) is 30.3 Å². The number of nitrogens with one attached hydrogen (secondary N) is 11. The monoisotopic (exact) mass is 1340 g/mol. The molecule has 1 aromatic carbocycles. The van der Waals surface area contributed by atoms with Crippen LogP contribution < -0.4 is 75.7 Å². The molecule has 0 bridgehead atoms. The summed E-state index contributed by atoms with van der Waals surface area (Å²) < 4.78 is 0. The van der Waals surface area contributed by atoms with Gasteiger partial charge in [-0.3, -0.25) is 81.5 Å². The van der Waals surface area contributed by atoms with Crippen LogP contribution in [0.4, 0.5) is 0 Å². The predicted octanol–water partition coefficient (Wildman–Crippen LogP) is -7.31. The largest absolute Gasteiger partial charge is 0.508 e. The third kappa shape index (κ3) is 32.2. The first-order chi connectivity index (χ1) is 43.3. The number of primary amides is 2. The lowest BCUT2D eigenvalue weighted by Gasteiger charge is -2.27. The van der Waals surface area contributed by atoms with Gasteiger partial charge in [0.05, 0.1) is 31.7 Å². The van der Waals surface area contributed by atoms with E-state index in [1.54, 1.807) is 27.7 Å². The Hall–Kier alpha value is -9.72. The van der Waals surface area contributed by atoms with Crippen molar-refractivity contribution >= 4 is 113 Å². The highest BCUT2D eigenvalue weighted by atomic mass is 32.1. The molecule has 0 radical (unpaired) electrons. The van der Waals surface area contributed by atoms with Crippen LogP contribution in [-0.2, 0) is 87.9 Å². The van der Waals surface area contributed by atoms with E-state index in [1.807, 2.05) is 16.0 Å². The number of thiol groups is 1. The van der Waals surface area contributed by atoms with E-state index in [4.69, 9.17) is 17.2 Å². The van der Waals surface area contributed by atoms with Crippen LogP contribution in [0.1, 0.15) is 104 Å². The zero-order valence-corrected chi connectivity index (χ0v) is 52.4. The van der Waals surface area contributed by atoms with Gasteiger partial charge in [0.25, 0.3) is 0 Å². The highest BCUT2D eigenvalue weighted by molar-refractivity contribution is 7.80. The van der Waals surface area contributed by atoms with E-state index in [2.05, 4.69) is 55.2 Å². The van der Waals surface area contributed by atoms with E-state index < -0.39 is 244 Å². The van der Waals surface area contributed by atoms with Crippen molar-refractivity contribution in [1.29, 1.82) is 0 Å². The number of carbonyl (C=O) groups is 17. The van der Waals surface area contributed by atoms with Crippen LogP contribution in [0, 0.1) is 11.8 Å². The quantitative estimate of drug-likeness (QED) is 0.0270. The van der Waals surface area contributed by atoms with Crippen molar-refractivity contribution in [3.63, 3.8) is 0 Å². The lowest BCUT2D eigenvalue weighted by atomic mass is 10.0. The molecular formula is C55H84N14O23S. The molecule has 0 saturated carbocycles. The number of phenols is 1. The summed E-state index contributed by atoms with van der Waals surface area (Å²) >= 11 is 4.07. The standard InChI is InChI=1S/C55H84N14O23S/c1-24(2)18-29(56)47(84)63-31(10-14-37(57)72)50(87)64-32(12-16-41(77)78)51(88)65-33(13-17-42(79)80)52(89)67-35(20-43(81)82)53(90)69-45(26(5)70)55(92)60-22-38(73)61-30(11-15-40(75)76)49(86)66-34(19-27-6-8-28(71)9-7-27)48(85)59-21-39(74)62-36(23-93)54(91)68-44(25(3)4)46(58)83/h6-9,24-26,29-36,44-45,70-71,93H,10-23,56H2,1-5H3,(H2,57,72)(H2,58,83)(H,59,85)(H,60,92)(H,61,73)(H,62,74)(H,63,84)(H,64,87)(H,65,88)(H,66,86)(H,67,89)(H,68,91)(H,69,90)(H,75,76)(H,77,78)(H,79,80)(H,81,82)/t26-,29+,30+,31+,32+,33+,34+,35+,36+,44+,45+/m1/s1. The summed E-state index contributed by atoms with van der Waals surface area (Å²) in [4.78, 5) is 219. The first kappa shape index (κ1) is 81.3. The number of aromatic hydroxyl groups is 1. The average molecular weight is 1340 g/mol. The molecule has 0 heterocycles. The minimum atomic E-state index is -2.22. The molecule has 0 spiro atoms. The van der Waals surface area contributed by atoms with Gasteiger partial charge in [-0.15, -0.1) is 0 Å². The van der Waals surface area contributed by atoms with E-state index in [0.717, 1.165) is 6.92 Å². The highest BCUT2D eigenvalue weighted by Gasteiger charge is 2.37. The molecule has 518 valence electrons. The predicted molar refractivity (Wildman–Crippen MR) is 323 cm³/mol. The number of rotatable bonds is 44. The molecule has 0 aliphatic heterocycles. The molecule has 38 heteroatoms. The number of carbonyl (C=O) groups excluding carboxylic acids is 13. The highest BCUT2D eigenvalue weighted by Crippen LogP contribution is 2.14. The van der Waals surface area contributed by atoms with Gasteiger partial charge in [-0.2, -0.15) is 12.6 Å². The van der Waals surface area contributed by atoms with Gasteiger partial charge in [-0.1, -0.05) is 39.8 Å². The zero-order chi connectivity index (χ0) is 71.0. The van der Waals surface area contributed by atoms with Gasteiger partial charge in [0.2, 0.25) is 76.8 Å². The van der Waals surface area contributed by atoms with Gasteiger partial charge < -0.3 is 106 Å². The fourth-order valence-electron chi connectivity index (χ4n) is 8.34. The summed E-state index contributed by atoms with van der Waals surface area (Å²) in [5.74, 6) is -22.0. The number of carboxylic acid groups (broad SMARTS) is 4. The zero-order valence-electron chi connectivity index (χ0n) is 51.5. The summed E-state index contributed by atoms with van der Waals surface area (Å²) in [6.45, 7) is 5.75. The normalized spacial score (nSPS) is 14.5. The number of amides is 13. The minimum Gasteiger partial charge on any atom is -0.508 e. The SMILES string of the molecule is CC(C)C[C@H](N)C(=O)N[C@@H](CCC(N)=O)C(=O)N[C@@H](CCC(=O)O)C(=O)N[C@@H](CCC(=O)O)C(=O)N[C@@H](CC(=O)O)C(=O)N[C@H](C(=O)NCC(=O)N[C@@H](CCC(=O)O)C(=O)N[C@@H](Cc1ccc(O)cc1)C(=O)NCC(=O)N[C@@H](CS)C(=O)N[C@H](C(N)=O)C(C)C)[C@@H](C)O. The summed E-state index contributed by atoms with van der Waals surface area (Å²) in [7, 11) is 0. The Morgan fingerprint density at radius 3 is 1.23 bits per heavy atom. The van der Waals surface area contributed by atoms with E-state index in [9.17, 15) is 112 Å². The van der Waals surface area contributed by atoms with Crippen LogP contribution in [-0.4, -0.2) is 217 Å². The molecule has 93 heavy (non-hydrogen) atoms. The Morgan fingerprint density at radius 1 is 0.452 bits per heavy atom. The Morgan fingerprint density at radius 2 is 0.828 bits per heavy atom. The van der Waals surface area contributed by atoms with Crippen LogP contribution in [0.3, 0.4) is 0 Å². The summed E-state index contributed by atoms with van der Waals surface area (Å²) in [6, 6.07) is -11.6. The van der Waals surface area contributed by atoms with Gasteiger partial charge in [0.1, 0.15) is 60.1 Å². The topological polar surface area (TPSA) is 622 Å². The van der Waals surface area contributed by atoms with E-state index >= 15 is 0 Å². The van der Waals surface area contributed by atoms with Gasteiger partial charge in [-0.25, -0.2) is 0 Å². The number of benzene rings is 1. The second-order valence-corrected chi connectivity index (χ2v) is 22.4. The molecule has 0 saturated heterocycles. The van der Waals surface area contributed by atoms with Crippen molar-refractivity contribution in [1.82, 2.24) is 58.5 Å². The lowest BCUT2D eigenvalue weighted by molar-refractivity contribution is -0.142. The number of nitrogens with two attached hydrogens (primary N) is 3. The van der Waals surface area contributed by atoms with Crippen LogP contribution in [0.5, 0.6) is 5.75 Å². The number of aliphatic carboxylic acids is 4. The molecule has 0 aliphatic carbocycles. The summed E-state index contributed by atoms with van der Waals surface area (Å²) in [6.07, 6.45) is -8.98. The fourth-order valence-corrected chi connectivity index (χ4v) is 8.60. The van der Waals surface area contributed by atoms with Crippen molar-refractivity contribution in [3.05, 3.63) is 29.8 Å². The number of carboxylic acids is 4. The van der Waals surface area contributed by atoms with Crippen molar-refractivity contribution in [2.75, 3.05) is 18.8 Å². The Bertz CT molecular complexity index is 2860. The average Bonchev–Trinajstić information content (AvgIpc) is 1.13. The molecule has 1 aromatic rings. The molecule has 11 atom stereocenters. The van der Waals surface area contributed by atoms with Gasteiger partial charge >= 0.3 is 23.9 Å². The van der Waals surface area contributed by atoms with E-state index in [0.29, 0.717) is 5.56 Å². The molecule has 0 aliphatic rings. The van der Waals surface area contributed by atoms with Crippen LogP contribution in [0.2, 0.25) is 0 Å². The third-order valence-electron chi connectivity index (χ3n) is 13.3. The molecule has 0 aromatic heterocycles. The number of hydrogen-bond donors (Lipinski definition) is 21. The van der Waals surface area contributed by atoms with Crippen molar-refractivity contribution in [3.8, 4) is 5.75 Å². The molecule has 0 fully saturated rings. The van der Waals surface area contributed by atoms with E-state index in [1.165, 1.54) is 24.3 Å². The Labute approximate surface area is 537 Å². The number of aliphatic hydroxyl groups is 1. The van der Waals surface area contributed by atoms with Gasteiger partial charge in [-0.05, 0) is 68.6 Å². The van der Waals surface area contributed by atoms with Gasteiger partial charge in [0.15, 0.2) is 0 Å². The van der Waals surface area contributed by atoms with Gasteiger partial charge in [0, 0.05) is 37.9 Å². The summed E-state index contributed by atoms with van der Waals surface area (Å²) in [5, 5.41) is 82.9. The second kappa shape index (κ2) is 40.9. The maximum absolute atomic E-state index is 13.9. The number of phenolic OH excluding ortho intramolecular Hbond substituents is 1. The van der Waals surface area contributed by atoms with Crippen LogP contribution >= 0.6 is 12.6 Å². The Balaban J connectivity index is 3.42. The summed E-state index contributed by atoms with van der Waals surface area (Å²) in [5.41, 5.74) is 16.9. The van der Waals surface area contributed by atoms with Crippen LogP contribution in [0.15, 0.2) is 24.3 Å². The lowest BCUT2D eigenvalue weighted by Crippen LogP contribution is -2.61. The maximum Gasteiger partial charge on any atom is 0.305 e. The molecule has 0 unspecified atom stereocenters. The van der Waals surface area contributed by atoms with Crippen molar-refractivity contribution in [2.24, 2.45) is 29.0 Å².